The molecule has 0 amide bonds. The largest absolute Gasteiger partial charge is 0.488 e. The normalized spacial score (nSPS) is 11.0. The zero-order chi connectivity index (χ0) is 22.7. The Morgan fingerprint density at radius 1 is 1.00 bits per heavy atom. The fourth-order valence-electron chi connectivity index (χ4n) is 3.71. The minimum Gasteiger partial charge on any atom is -0.488 e. The minimum absolute atomic E-state index is 0.134. The SMILES string of the molecule is CCCc1cc2c(-c3ccccc3)cc(=O)oc2cc1OCc1cc(C(=O)OC)oc1C. The molecule has 4 aromatic rings. The molecule has 0 atom stereocenters. The summed E-state index contributed by atoms with van der Waals surface area (Å²) in [7, 11) is 1.31. The van der Waals surface area contributed by atoms with Gasteiger partial charge < -0.3 is 18.3 Å². The quantitative estimate of drug-likeness (QED) is 0.276. The van der Waals surface area contributed by atoms with Gasteiger partial charge in [0.05, 0.1) is 7.11 Å². The maximum atomic E-state index is 12.3. The van der Waals surface area contributed by atoms with Crippen LogP contribution in [-0.4, -0.2) is 13.1 Å². The number of carbonyl (C=O) groups excluding carboxylic acids is 1. The Hall–Kier alpha value is -3.80. The first-order valence-corrected chi connectivity index (χ1v) is 10.5. The van der Waals surface area contributed by atoms with E-state index in [4.69, 9.17) is 18.3 Å². The fourth-order valence-corrected chi connectivity index (χ4v) is 3.71. The van der Waals surface area contributed by atoms with Crippen molar-refractivity contribution >= 4 is 16.9 Å². The van der Waals surface area contributed by atoms with Crippen LogP contribution in [0.4, 0.5) is 0 Å². The predicted molar refractivity (Wildman–Crippen MR) is 121 cm³/mol. The molecule has 0 bridgehead atoms. The van der Waals surface area contributed by atoms with Crippen LogP contribution in [0, 0.1) is 6.92 Å². The second kappa shape index (κ2) is 9.14. The summed E-state index contributed by atoms with van der Waals surface area (Å²) in [6.07, 6.45) is 1.73. The van der Waals surface area contributed by atoms with Crippen LogP contribution in [0.1, 0.15) is 40.8 Å². The van der Waals surface area contributed by atoms with Crippen molar-refractivity contribution in [3.05, 3.63) is 87.7 Å². The monoisotopic (exact) mass is 432 g/mol. The van der Waals surface area contributed by atoms with Crippen LogP contribution in [0.2, 0.25) is 0 Å². The summed E-state index contributed by atoms with van der Waals surface area (Å²) in [6, 6.07) is 16.7. The van der Waals surface area contributed by atoms with Gasteiger partial charge in [-0.3, -0.25) is 0 Å². The molecular weight excluding hydrogens is 408 g/mol. The zero-order valence-corrected chi connectivity index (χ0v) is 18.3. The summed E-state index contributed by atoms with van der Waals surface area (Å²) < 4.78 is 21.8. The fraction of sp³-hybridized carbons (Fsp3) is 0.231. The summed E-state index contributed by atoms with van der Waals surface area (Å²) in [5, 5.41) is 0.860. The summed E-state index contributed by atoms with van der Waals surface area (Å²) in [5.41, 5.74) is 3.58. The first kappa shape index (κ1) is 21.4. The van der Waals surface area contributed by atoms with E-state index in [-0.39, 0.29) is 12.4 Å². The molecule has 0 N–H and O–H groups in total. The van der Waals surface area contributed by atoms with E-state index in [1.54, 1.807) is 19.1 Å². The van der Waals surface area contributed by atoms with Crippen molar-refractivity contribution < 1.29 is 23.1 Å². The molecular formula is C26H24O6. The van der Waals surface area contributed by atoms with Gasteiger partial charge in [0.25, 0.3) is 0 Å². The van der Waals surface area contributed by atoms with Crippen LogP contribution in [-0.2, 0) is 17.8 Å². The van der Waals surface area contributed by atoms with E-state index in [0.717, 1.165) is 40.5 Å². The molecule has 0 fully saturated rings. The van der Waals surface area contributed by atoms with Gasteiger partial charge in [-0.1, -0.05) is 43.7 Å². The lowest BCUT2D eigenvalue weighted by molar-refractivity contribution is 0.0563. The van der Waals surface area contributed by atoms with E-state index in [1.807, 2.05) is 36.4 Å². The minimum atomic E-state index is -0.535. The molecule has 2 aromatic carbocycles. The molecule has 0 saturated heterocycles. The Balaban J connectivity index is 1.73. The summed E-state index contributed by atoms with van der Waals surface area (Å²) in [6.45, 7) is 4.07. The van der Waals surface area contributed by atoms with E-state index in [2.05, 4.69) is 6.92 Å². The highest BCUT2D eigenvalue weighted by atomic mass is 16.5. The third-order valence-electron chi connectivity index (χ3n) is 5.32. The smallest absolute Gasteiger partial charge is 0.373 e. The molecule has 0 aliphatic heterocycles. The van der Waals surface area contributed by atoms with Crippen molar-refractivity contribution in [1.82, 2.24) is 0 Å². The number of benzene rings is 2. The Morgan fingerprint density at radius 3 is 2.50 bits per heavy atom. The molecule has 0 spiro atoms. The van der Waals surface area contributed by atoms with Gasteiger partial charge in [0, 0.05) is 23.1 Å². The van der Waals surface area contributed by atoms with Gasteiger partial charge in [0.2, 0.25) is 5.76 Å². The molecule has 6 nitrogen and oxygen atoms in total. The van der Waals surface area contributed by atoms with Crippen molar-refractivity contribution in [2.24, 2.45) is 0 Å². The molecule has 0 unspecified atom stereocenters. The van der Waals surface area contributed by atoms with Crippen molar-refractivity contribution in [2.45, 2.75) is 33.3 Å². The van der Waals surface area contributed by atoms with E-state index in [1.165, 1.54) is 13.2 Å². The average molecular weight is 432 g/mol. The molecule has 6 heteroatoms. The molecule has 32 heavy (non-hydrogen) atoms. The standard InChI is InChI=1S/C26H24O6/c1-4-8-18-11-21-20(17-9-6-5-7-10-17)13-25(27)32-23(21)14-22(18)30-15-19-12-24(26(28)29-3)31-16(19)2/h5-7,9-14H,4,8,15H2,1-3H3. The van der Waals surface area contributed by atoms with Gasteiger partial charge in [-0.25, -0.2) is 9.59 Å². The van der Waals surface area contributed by atoms with Crippen molar-refractivity contribution in [3.63, 3.8) is 0 Å². The third kappa shape index (κ3) is 4.30. The number of hydrogen-bond donors (Lipinski definition) is 0. The average Bonchev–Trinajstić information content (AvgIpc) is 3.18. The van der Waals surface area contributed by atoms with Crippen LogP contribution in [0.5, 0.6) is 5.75 Å². The van der Waals surface area contributed by atoms with Crippen molar-refractivity contribution in [3.8, 4) is 16.9 Å². The number of esters is 1. The lowest BCUT2D eigenvalue weighted by Crippen LogP contribution is -2.02. The van der Waals surface area contributed by atoms with E-state index in [0.29, 0.717) is 17.1 Å². The van der Waals surface area contributed by atoms with Crippen molar-refractivity contribution in [1.29, 1.82) is 0 Å². The van der Waals surface area contributed by atoms with Crippen LogP contribution in [0.15, 0.2) is 68.2 Å². The summed E-state index contributed by atoms with van der Waals surface area (Å²) >= 11 is 0. The lowest BCUT2D eigenvalue weighted by Gasteiger charge is -2.14. The second-order valence-corrected chi connectivity index (χ2v) is 7.52. The Morgan fingerprint density at radius 2 is 1.78 bits per heavy atom. The van der Waals surface area contributed by atoms with Gasteiger partial charge in [-0.15, -0.1) is 0 Å². The molecule has 2 heterocycles. The molecule has 2 aromatic heterocycles. The summed E-state index contributed by atoms with van der Waals surface area (Å²) in [5.74, 6) is 0.815. The van der Waals surface area contributed by atoms with E-state index >= 15 is 0 Å². The first-order valence-electron chi connectivity index (χ1n) is 10.5. The first-order chi connectivity index (χ1) is 15.5. The van der Waals surface area contributed by atoms with Crippen LogP contribution in [0.3, 0.4) is 0 Å². The molecule has 0 aliphatic rings. The Bertz CT molecular complexity index is 1310. The van der Waals surface area contributed by atoms with Crippen LogP contribution in [0.25, 0.3) is 22.1 Å². The number of furan rings is 1. The number of fused-ring (bicyclic) bond motifs is 1. The third-order valence-corrected chi connectivity index (χ3v) is 5.32. The maximum Gasteiger partial charge on any atom is 0.373 e. The molecule has 4 rings (SSSR count). The molecule has 164 valence electrons. The lowest BCUT2D eigenvalue weighted by atomic mass is 9.98. The number of rotatable bonds is 7. The maximum absolute atomic E-state index is 12.3. The zero-order valence-electron chi connectivity index (χ0n) is 18.3. The predicted octanol–water partition coefficient (Wildman–Crippen LogP) is 5.68. The number of methoxy groups -OCH3 is 1. The van der Waals surface area contributed by atoms with Gasteiger partial charge in [-0.2, -0.15) is 0 Å². The molecule has 0 saturated carbocycles. The van der Waals surface area contributed by atoms with Crippen LogP contribution >= 0.6 is 0 Å². The highest BCUT2D eigenvalue weighted by Gasteiger charge is 2.17. The Kier molecular flexibility index (Phi) is 6.12. The second-order valence-electron chi connectivity index (χ2n) is 7.52. The Labute approximate surface area is 185 Å². The number of carbonyl (C=O) groups is 1. The highest BCUT2D eigenvalue weighted by molar-refractivity contribution is 5.94. The molecule has 0 radical (unpaired) electrons. The van der Waals surface area contributed by atoms with Gasteiger partial charge in [0.1, 0.15) is 23.7 Å². The number of hydrogen-bond acceptors (Lipinski definition) is 6. The van der Waals surface area contributed by atoms with Crippen LogP contribution < -0.4 is 10.4 Å². The van der Waals surface area contributed by atoms with Gasteiger partial charge in [-0.05, 0) is 42.2 Å². The topological polar surface area (TPSA) is 78.9 Å². The number of ether oxygens (including phenoxy) is 2. The van der Waals surface area contributed by atoms with Gasteiger partial charge in [0.15, 0.2) is 0 Å². The molecule has 0 aliphatic carbocycles. The van der Waals surface area contributed by atoms with E-state index < -0.39 is 11.6 Å². The highest BCUT2D eigenvalue weighted by Crippen LogP contribution is 2.33. The summed E-state index contributed by atoms with van der Waals surface area (Å²) in [4.78, 5) is 24.0. The van der Waals surface area contributed by atoms with Crippen molar-refractivity contribution in [2.75, 3.05) is 7.11 Å². The van der Waals surface area contributed by atoms with E-state index in [9.17, 15) is 9.59 Å². The number of aryl methyl sites for hydroxylation is 2. The van der Waals surface area contributed by atoms with Gasteiger partial charge >= 0.3 is 11.6 Å².